The standard InChI is InChI=1S/C13H19FN2O2/c1-2-3-16-13(18)10(8-15)4-9-5-11(14)7-12(17)6-9/h5-7,10,17H,2-4,8,15H2,1H3,(H,16,18). The zero-order valence-corrected chi connectivity index (χ0v) is 10.4. The van der Waals surface area contributed by atoms with Crippen molar-refractivity contribution in [3.8, 4) is 5.75 Å². The van der Waals surface area contributed by atoms with Crippen LogP contribution >= 0.6 is 0 Å². The van der Waals surface area contributed by atoms with Crippen LogP contribution in [0.1, 0.15) is 18.9 Å². The molecule has 0 heterocycles. The van der Waals surface area contributed by atoms with Crippen molar-refractivity contribution in [3.63, 3.8) is 0 Å². The molecule has 1 aromatic rings. The van der Waals surface area contributed by atoms with Crippen LogP contribution < -0.4 is 11.1 Å². The van der Waals surface area contributed by atoms with Crippen LogP contribution in [0.4, 0.5) is 4.39 Å². The van der Waals surface area contributed by atoms with Gasteiger partial charge in [-0.1, -0.05) is 6.92 Å². The Kier molecular flexibility index (Phi) is 5.58. The van der Waals surface area contributed by atoms with Crippen LogP contribution in [0.2, 0.25) is 0 Å². The Bertz CT molecular complexity index is 390. The van der Waals surface area contributed by atoms with E-state index in [1.165, 1.54) is 12.1 Å². The zero-order chi connectivity index (χ0) is 13.5. The number of amides is 1. The molecule has 0 aliphatic heterocycles. The van der Waals surface area contributed by atoms with Crippen LogP contribution in [-0.4, -0.2) is 24.1 Å². The summed E-state index contributed by atoms with van der Waals surface area (Å²) in [5.41, 5.74) is 6.12. The molecule has 4 nitrogen and oxygen atoms in total. The van der Waals surface area contributed by atoms with E-state index in [1.54, 1.807) is 0 Å². The van der Waals surface area contributed by atoms with Gasteiger partial charge in [0.15, 0.2) is 0 Å². The number of carbonyl (C=O) groups is 1. The first kappa shape index (κ1) is 14.4. The van der Waals surface area contributed by atoms with Crippen molar-refractivity contribution in [2.24, 2.45) is 11.7 Å². The predicted molar refractivity (Wildman–Crippen MR) is 67.6 cm³/mol. The number of hydrogen-bond donors (Lipinski definition) is 3. The summed E-state index contributed by atoms with van der Waals surface area (Å²) in [4.78, 5) is 11.8. The highest BCUT2D eigenvalue weighted by atomic mass is 19.1. The van der Waals surface area contributed by atoms with Crippen LogP contribution in [0.5, 0.6) is 5.75 Å². The average molecular weight is 254 g/mol. The second kappa shape index (κ2) is 6.96. The van der Waals surface area contributed by atoms with E-state index >= 15 is 0 Å². The number of nitrogens with one attached hydrogen (secondary N) is 1. The molecule has 0 saturated heterocycles. The Hall–Kier alpha value is -1.62. The van der Waals surface area contributed by atoms with Crippen molar-refractivity contribution in [1.82, 2.24) is 5.32 Å². The third kappa shape index (κ3) is 4.33. The number of nitrogens with two attached hydrogens (primary N) is 1. The lowest BCUT2D eigenvalue weighted by atomic mass is 9.98. The van der Waals surface area contributed by atoms with Gasteiger partial charge in [0.2, 0.25) is 5.91 Å². The number of hydrogen-bond acceptors (Lipinski definition) is 3. The fourth-order valence-electron chi connectivity index (χ4n) is 1.71. The monoisotopic (exact) mass is 254 g/mol. The van der Waals surface area contributed by atoms with E-state index in [0.29, 0.717) is 18.5 Å². The molecule has 0 saturated carbocycles. The van der Waals surface area contributed by atoms with Gasteiger partial charge in [0.1, 0.15) is 11.6 Å². The summed E-state index contributed by atoms with van der Waals surface area (Å²) in [6, 6.07) is 3.77. The molecule has 100 valence electrons. The second-order valence-corrected chi connectivity index (χ2v) is 4.25. The first-order valence-corrected chi connectivity index (χ1v) is 6.03. The molecule has 1 rings (SSSR count). The molecule has 5 heteroatoms. The lowest BCUT2D eigenvalue weighted by molar-refractivity contribution is -0.124. The van der Waals surface area contributed by atoms with Gasteiger partial charge in [-0.3, -0.25) is 4.79 Å². The number of halogens is 1. The van der Waals surface area contributed by atoms with Gasteiger partial charge >= 0.3 is 0 Å². The third-order valence-electron chi connectivity index (χ3n) is 2.63. The van der Waals surface area contributed by atoms with E-state index in [0.717, 1.165) is 12.5 Å². The first-order valence-electron chi connectivity index (χ1n) is 6.03. The molecule has 1 amide bonds. The van der Waals surface area contributed by atoms with Crippen molar-refractivity contribution in [1.29, 1.82) is 0 Å². The van der Waals surface area contributed by atoms with Gasteiger partial charge in [-0.2, -0.15) is 0 Å². The van der Waals surface area contributed by atoms with Crippen LogP contribution in [0.15, 0.2) is 18.2 Å². The molecular weight excluding hydrogens is 235 g/mol. The lowest BCUT2D eigenvalue weighted by Gasteiger charge is -2.14. The molecule has 0 radical (unpaired) electrons. The topological polar surface area (TPSA) is 75.4 Å². The maximum absolute atomic E-state index is 13.1. The van der Waals surface area contributed by atoms with E-state index in [-0.39, 0.29) is 18.2 Å². The highest BCUT2D eigenvalue weighted by Gasteiger charge is 2.17. The third-order valence-corrected chi connectivity index (χ3v) is 2.63. The molecule has 0 aromatic heterocycles. The summed E-state index contributed by atoms with van der Waals surface area (Å²) >= 11 is 0. The van der Waals surface area contributed by atoms with Gasteiger partial charge in [-0.05, 0) is 30.5 Å². The van der Waals surface area contributed by atoms with E-state index in [9.17, 15) is 14.3 Å². The Morgan fingerprint density at radius 2 is 2.22 bits per heavy atom. The Balaban J connectivity index is 2.70. The Morgan fingerprint density at radius 3 is 2.78 bits per heavy atom. The largest absolute Gasteiger partial charge is 0.508 e. The molecule has 1 atom stereocenters. The summed E-state index contributed by atoms with van der Waals surface area (Å²) in [6.07, 6.45) is 1.17. The molecule has 0 aliphatic carbocycles. The first-order chi connectivity index (χ1) is 8.56. The molecule has 0 fully saturated rings. The molecule has 0 spiro atoms. The number of aromatic hydroxyl groups is 1. The quantitative estimate of drug-likeness (QED) is 0.713. The zero-order valence-electron chi connectivity index (χ0n) is 10.4. The number of carbonyl (C=O) groups excluding carboxylic acids is 1. The fourth-order valence-corrected chi connectivity index (χ4v) is 1.71. The molecule has 0 aliphatic rings. The lowest BCUT2D eigenvalue weighted by Crippen LogP contribution is -2.36. The van der Waals surface area contributed by atoms with E-state index in [4.69, 9.17) is 5.73 Å². The van der Waals surface area contributed by atoms with E-state index in [1.807, 2.05) is 6.92 Å². The number of phenols is 1. The van der Waals surface area contributed by atoms with Gasteiger partial charge in [0, 0.05) is 19.2 Å². The van der Waals surface area contributed by atoms with Gasteiger partial charge in [-0.25, -0.2) is 4.39 Å². The fraction of sp³-hybridized carbons (Fsp3) is 0.462. The van der Waals surface area contributed by atoms with Gasteiger partial charge in [0.05, 0.1) is 5.92 Å². The number of rotatable bonds is 6. The minimum atomic E-state index is -0.519. The molecule has 1 unspecified atom stereocenters. The SMILES string of the molecule is CCCNC(=O)C(CN)Cc1cc(O)cc(F)c1. The molecule has 1 aromatic carbocycles. The number of benzene rings is 1. The van der Waals surface area contributed by atoms with Gasteiger partial charge < -0.3 is 16.2 Å². The maximum atomic E-state index is 13.1. The van der Waals surface area contributed by atoms with Crippen molar-refractivity contribution in [2.45, 2.75) is 19.8 Å². The minimum Gasteiger partial charge on any atom is -0.508 e. The smallest absolute Gasteiger partial charge is 0.224 e. The highest BCUT2D eigenvalue weighted by molar-refractivity contribution is 5.79. The van der Waals surface area contributed by atoms with Gasteiger partial charge in [0.25, 0.3) is 0 Å². The Morgan fingerprint density at radius 1 is 1.50 bits per heavy atom. The van der Waals surface area contributed by atoms with Crippen LogP contribution in [0, 0.1) is 11.7 Å². The van der Waals surface area contributed by atoms with Crippen LogP contribution in [-0.2, 0) is 11.2 Å². The minimum absolute atomic E-state index is 0.136. The summed E-state index contributed by atoms with van der Waals surface area (Å²) in [6.45, 7) is 2.75. The highest BCUT2D eigenvalue weighted by Crippen LogP contribution is 2.17. The van der Waals surface area contributed by atoms with Gasteiger partial charge in [-0.15, -0.1) is 0 Å². The van der Waals surface area contributed by atoms with Crippen molar-refractivity contribution in [3.05, 3.63) is 29.6 Å². The van der Waals surface area contributed by atoms with E-state index < -0.39 is 11.7 Å². The molecular formula is C13H19FN2O2. The van der Waals surface area contributed by atoms with Crippen molar-refractivity contribution >= 4 is 5.91 Å². The molecule has 18 heavy (non-hydrogen) atoms. The molecule has 0 bridgehead atoms. The normalized spacial score (nSPS) is 12.2. The second-order valence-electron chi connectivity index (χ2n) is 4.25. The molecule has 4 N–H and O–H groups in total. The maximum Gasteiger partial charge on any atom is 0.224 e. The van der Waals surface area contributed by atoms with Crippen LogP contribution in [0.25, 0.3) is 0 Å². The van der Waals surface area contributed by atoms with Crippen LogP contribution in [0.3, 0.4) is 0 Å². The summed E-state index contributed by atoms with van der Waals surface area (Å²) in [7, 11) is 0. The Labute approximate surface area is 106 Å². The number of phenolic OH excluding ortho intramolecular Hbond substituents is 1. The van der Waals surface area contributed by atoms with E-state index in [2.05, 4.69) is 5.32 Å². The summed E-state index contributed by atoms with van der Waals surface area (Å²) in [5.74, 6) is -1.20. The summed E-state index contributed by atoms with van der Waals surface area (Å²) < 4.78 is 13.1. The summed E-state index contributed by atoms with van der Waals surface area (Å²) in [5, 5.41) is 12.0. The van der Waals surface area contributed by atoms with Crippen molar-refractivity contribution in [2.75, 3.05) is 13.1 Å². The average Bonchev–Trinajstić information content (AvgIpc) is 2.31. The van der Waals surface area contributed by atoms with Crippen molar-refractivity contribution < 1.29 is 14.3 Å². The predicted octanol–water partition coefficient (Wildman–Crippen LogP) is 1.17.